The van der Waals surface area contributed by atoms with E-state index in [2.05, 4.69) is 0 Å². The summed E-state index contributed by atoms with van der Waals surface area (Å²) in [4.78, 5) is 0. The van der Waals surface area contributed by atoms with Gasteiger partial charge in [-0.15, -0.1) is 0 Å². The van der Waals surface area contributed by atoms with Crippen molar-refractivity contribution in [1.29, 1.82) is 0 Å². The SMILES string of the molecule is CN(CC1CCCO1)S(=O)(=O)CCO. The van der Waals surface area contributed by atoms with Crippen LogP contribution >= 0.6 is 0 Å². The second kappa shape index (κ2) is 5.06. The van der Waals surface area contributed by atoms with Gasteiger partial charge < -0.3 is 9.84 Å². The van der Waals surface area contributed by atoms with E-state index in [1.165, 1.54) is 11.4 Å². The number of sulfonamides is 1. The van der Waals surface area contributed by atoms with E-state index in [4.69, 9.17) is 9.84 Å². The van der Waals surface area contributed by atoms with Crippen molar-refractivity contribution < 1.29 is 18.3 Å². The summed E-state index contributed by atoms with van der Waals surface area (Å²) < 4.78 is 29.4. The standard InChI is InChI=1S/C8H17NO4S/c1-9(14(11,12)6-4-10)7-8-3-2-5-13-8/h8,10H,2-7H2,1H3. The van der Waals surface area contributed by atoms with Gasteiger partial charge in [0, 0.05) is 20.2 Å². The van der Waals surface area contributed by atoms with Crippen LogP contribution in [0.25, 0.3) is 0 Å². The number of aliphatic hydroxyl groups is 1. The third-order valence-corrected chi connectivity index (χ3v) is 4.11. The molecule has 0 bridgehead atoms. The van der Waals surface area contributed by atoms with E-state index < -0.39 is 10.0 Å². The van der Waals surface area contributed by atoms with Crippen LogP contribution in [-0.4, -0.2) is 56.5 Å². The Hall–Kier alpha value is -0.170. The molecule has 0 saturated carbocycles. The zero-order valence-corrected chi connectivity index (χ0v) is 9.16. The van der Waals surface area contributed by atoms with E-state index in [1.54, 1.807) is 0 Å². The summed E-state index contributed by atoms with van der Waals surface area (Å²) >= 11 is 0. The van der Waals surface area contributed by atoms with Gasteiger partial charge in [0.05, 0.1) is 18.5 Å². The quantitative estimate of drug-likeness (QED) is 0.677. The molecule has 1 rings (SSSR count). The van der Waals surface area contributed by atoms with Crippen molar-refractivity contribution in [2.75, 3.05) is 32.6 Å². The van der Waals surface area contributed by atoms with Gasteiger partial charge in [-0.1, -0.05) is 0 Å². The Morgan fingerprint density at radius 3 is 2.79 bits per heavy atom. The van der Waals surface area contributed by atoms with Crippen molar-refractivity contribution >= 4 is 10.0 Å². The number of ether oxygens (including phenoxy) is 1. The molecule has 1 fully saturated rings. The fourth-order valence-electron chi connectivity index (χ4n) is 1.46. The van der Waals surface area contributed by atoms with Crippen molar-refractivity contribution in [2.24, 2.45) is 0 Å². The second-order valence-electron chi connectivity index (χ2n) is 3.46. The highest BCUT2D eigenvalue weighted by molar-refractivity contribution is 7.89. The van der Waals surface area contributed by atoms with E-state index in [0.29, 0.717) is 6.54 Å². The first kappa shape index (κ1) is 11.9. The molecule has 0 radical (unpaired) electrons. The van der Waals surface area contributed by atoms with E-state index in [1.807, 2.05) is 0 Å². The maximum Gasteiger partial charge on any atom is 0.216 e. The molecule has 5 nitrogen and oxygen atoms in total. The Morgan fingerprint density at radius 2 is 2.29 bits per heavy atom. The minimum absolute atomic E-state index is 0.0217. The number of hydrogen-bond acceptors (Lipinski definition) is 4. The summed E-state index contributed by atoms with van der Waals surface area (Å²) in [5.41, 5.74) is 0. The molecule has 0 aliphatic carbocycles. The Kier molecular flexibility index (Phi) is 4.31. The minimum atomic E-state index is -3.29. The third-order valence-electron chi connectivity index (χ3n) is 2.31. The van der Waals surface area contributed by atoms with Crippen LogP contribution in [0, 0.1) is 0 Å². The lowest BCUT2D eigenvalue weighted by atomic mass is 10.2. The van der Waals surface area contributed by atoms with Crippen molar-refractivity contribution in [3.05, 3.63) is 0 Å². The Balaban J connectivity index is 2.43. The zero-order chi connectivity index (χ0) is 10.6. The number of nitrogens with zero attached hydrogens (tertiary/aromatic N) is 1. The first-order valence-corrected chi connectivity index (χ1v) is 6.33. The molecule has 0 aromatic carbocycles. The van der Waals surface area contributed by atoms with Crippen LogP contribution in [0.3, 0.4) is 0 Å². The molecule has 0 amide bonds. The molecule has 84 valence electrons. The molecule has 0 aromatic rings. The van der Waals surface area contributed by atoms with Gasteiger partial charge in [0.2, 0.25) is 10.0 Å². The fourth-order valence-corrected chi connectivity index (χ4v) is 2.40. The number of rotatable bonds is 5. The second-order valence-corrected chi connectivity index (χ2v) is 5.65. The predicted octanol–water partition coefficient (Wildman–Crippen LogP) is -0.581. The van der Waals surface area contributed by atoms with Crippen molar-refractivity contribution in [2.45, 2.75) is 18.9 Å². The molecular weight excluding hydrogens is 206 g/mol. The average molecular weight is 223 g/mol. The molecule has 1 aliphatic heterocycles. The molecule has 6 heteroatoms. The zero-order valence-electron chi connectivity index (χ0n) is 8.35. The highest BCUT2D eigenvalue weighted by Gasteiger charge is 2.23. The van der Waals surface area contributed by atoms with Gasteiger partial charge in [-0.3, -0.25) is 0 Å². The number of hydrogen-bond donors (Lipinski definition) is 1. The average Bonchev–Trinajstić information content (AvgIpc) is 2.56. The Labute approximate surface area is 84.7 Å². The van der Waals surface area contributed by atoms with Gasteiger partial charge in [-0.2, -0.15) is 0 Å². The van der Waals surface area contributed by atoms with Crippen molar-refractivity contribution in [3.8, 4) is 0 Å². The molecule has 1 unspecified atom stereocenters. The molecule has 1 aliphatic rings. The summed E-state index contributed by atoms with van der Waals surface area (Å²) in [7, 11) is -1.77. The van der Waals surface area contributed by atoms with E-state index in [0.717, 1.165) is 19.4 Å². The van der Waals surface area contributed by atoms with Crippen LogP contribution in [0.4, 0.5) is 0 Å². The normalized spacial score (nSPS) is 23.2. The smallest absolute Gasteiger partial charge is 0.216 e. The van der Waals surface area contributed by atoms with E-state index >= 15 is 0 Å². The molecule has 1 atom stereocenters. The van der Waals surface area contributed by atoms with Crippen LogP contribution in [0.1, 0.15) is 12.8 Å². The Morgan fingerprint density at radius 1 is 1.57 bits per heavy atom. The van der Waals surface area contributed by atoms with E-state index in [-0.39, 0.29) is 18.5 Å². The van der Waals surface area contributed by atoms with Crippen LogP contribution in [0.5, 0.6) is 0 Å². The molecule has 1 saturated heterocycles. The van der Waals surface area contributed by atoms with Crippen LogP contribution in [0.15, 0.2) is 0 Å². The predicted molar refractivity (Wildman–Crippen MR) is 52.5 cm³/mol. The monoisotopic (exact) mass is 223 g/mol. The molecule has 0 aromatic heterocycles. The van der Waals surface area contributed by atoms with Gasteiger partial charge >= 0.3 is 0 Å². The topological polar surface area (TPSA) is 66.8 Å². The number of likely N-dealkylation sites (N-methyl/N-ethyl adjacent to an activating group) is 1. The molecule has 1 heterocycles. The highest BCUT2D eigenvalue weighted by atomic mass is 32.2. The third kappa shape index (κ3) is 3.20. The Bertz CT molecular complexity index is 259. The van der Waals surface area contributed by atoms with Crippen molar-refractivity contribution in [3.63, 3.8) is 0 Å². The van der Waals surface area contributed by atoms with Gasteiger partial charge in [-0.25, -0.2) is 12.7 Å². The van der Waals surface area contributed by atoms with Gasteiger partial charge in [-0.05, 0) is 12.8 Å². The largest absolute Gasteiger partial charge is 0.395 e. The summed E-state index contributed by atoms with van der Waals surface area (Å²) in [6, 6.07) is 0. The van der Waals surface area contributed by atoms with Gasteiger partial charge in [0.1, 0.15) is 0 Å². The van der Waals surface area contributed by atoms with Crippen LogP contribution in [-0.2, 0) is 14.8 Å². The molecule has 14 heavy (non-hydrogen) atoms. The molecule has 0 spiro atoms. The first-order valence-electron chi connectivity index (χ1n) is 4.73. The number of aliphatic hydroxyl groups excluding tert-OH is 1. The van der Waals surface area contributed by atoms with Crippen molar-refractivity contribution in [1.82, 2.24) is 4.31 Å². The summed E-state index contributed by atoms with van der Waals surface area (Å²) in [6.07, 6.45) is 1.94. The maximum absolute atomic E-state index is 11.4. The lowest BCUT2D eigenvalue weighted by Crippen LogP contribution is -2.36. The maximum atomic E-state index is 11.4. The van der Waals surface area contributed by atoms with E-state index in [9.17, 15) is 8.42 Å². The molecule has 1 N–H and O–H groups in total. The van der Waals surface area contributed by atoms with Crippen LogP contribution in [0.2, 0.25) is 0 Å². The van der Waals surface area contributed by atoms with Gasteiger partial charge in [0.25, 0.3) is 0 Å². The fraction of sp³-hybridized carbons (Fsp3) is 1.00. The summed E-state index contributed by atoms with van der Waals surface area (Å²) in [5.74, 6) is -0.212. The minimum Gasteiger partial charge on any atom is -0.395 e. The molecular formula is C8H17NO4S. The van der Waals surface area contributed by atoms with Gasteiger partial charge in [0.15, 0.2) is 0 Å². The highest BCUT2D eigenvalue weighted by Crippen LogP contribution is 2.14. The summed E-state index contributed by atoms with van der Waals surface area (Å²) in [6.45, 7) is 0.777. The first-order chi connectivity index (χ1) is 6.56. The van der Waals surface area contributed by atoms with Crippen LogP contribution < -0.4 is 0 Å². The lowest BCUT2D eigenvalue weighted by Gasteiger charge is -2.19. The summed E-state index contributed by atoms with van der Waals surface area (Å²) in [5, 5.41) is 8.57. The lowest BCUT2D eigenvalue weighted by molar-refractivity contribution is 0.0978.